The van der Waals surface area contributed by atoms with Crippen molar-refractivity contribution in [3.8, 4) is 0 Å². The van der Waals surface area contributed by atoms with Gasteiger partial charge in [-0.1, -0.05) is 0 Å². The van der Waals surface area contributed by atoms with Crippen molar-refractivity contribution in [3.63, 3.8) is 0 Å². The Morgan fingerprint density at radius 1 is 1.30 bits per heavy atom. The monoisotopic (exact) mass is 347 g/mol. The highest BCUT2D eigenvalue weighted by Gasteiger charge is 2.41. The van der Waals surface area contributed by atoms with Crippen LogP contribution in [0.1, 0.15) is 19.3 Å². The molecule has 3 rings (SSSR count). The second-order valence-electron chi connectivity index (χ2n) is 5.41. The molecule has 2 fully saturated rings. The molecule has 0 amide bonds. The second-order valence-corrected chi connectivity index (χ2v) is 6.27. The van der Waals surface area contributed by atoms with E-state index in [4.69, 9.17) is 9.47 Å². The summed E-state index contributed by atoms with van der Waals surface area (Å²) in [6.07, 6.45) is 2.44. The van der Waals surface area contributed by atoms with Gasteiger partial charge in [-0.2, -0.15) is 0 Å². The van der Waals surface area contributed by atoms with E-state index in [1.165, 1.54) is 6.07 Å². The molecule has 1 aromatic rings. The third kappa shape index (κ3) is 2.82. The first-order chi connectivity index (χ1) is 9.58. The Hall–Kier alpha value is -0.720. The topological polar surface area (TPSA) is 30.5 Å². The lowest BCUT2D eigenvalue weighted by Crippen LogP contribution is -2.45. The summed E-state index contributed by atoms with van der Waals surface area (Å²) in [5, 5.41) is 3.17. The molecule has 0 aliphatic carbocycles. The molecule has 0 saturated carbocycles. The van der Waals surface area contributed by atoms with Gasteiger partial charge in [-0.25, -0.2) is 8.78 Å². The highest BCUT2D eigenvalue weighted by molar-refractivity contribution is 9.10. The fourth-order valence-electron chi connectivity index (χ4n) is 2.90. The van der Waals surface area contributed by atoms with Gasteiger partial charge >= 0.3 is 0 Å². The van der Waals surface area contributed by atoms with E-state index in [0.29, 0.717) is 30.0 Å². The second kappa shape index (κ2) is 5.58. The fraction of sp³-hybridized carbons (Fsp3) is 0.571. The normalized spacial score (nSPS) is 29.9. The smallest absolute Gasteiger partial charge is 0.150 e. The Morgan fingerprint density at radius 3 is 2.85 bits per heavy atom. The summed E-state index contributed by atoms with van der Waals surface area (Å²) in [5.41, 5.74) is 0.0752. The Kier molecular flexibility index (Phi) is 3.97. The molecule has 2 saturated heterocycles. The van der Waals surface area contributed by atoms with Crippen molar-refractivity contribution in [3.05, 3.63) is 28.2 Å². The lowest BCUT2D eigenvalue weighted by molar-refractivity contribution is -0.0829. The third-order valence-corrected chi connectivity index (χ3v) is 4.54. The number of nitrogens with one attached hydrogen (secondary N) is 1. The fourth-order valence-corrected chi connectivity index (χ4v) is 3.42. The molecule has 2 atom stereocenters. The van der Waals surface area contributed by atoms with Crippen molar-refractivity contribution in [2.75, 3.05) is 25.1 Å². The predicted octanol–water partition coefficient (Wildman–Crippen LogP) is 3.48. The summed E-state index contributed by atoms with van der Waals surface area (Å²) < 4.78 is 38.6. The van der Waals surface area contributed by atoms with Gasteiger partial charge in [0.1, 0.15) is 11.6 Å². The van der Waals surface area contributed by atoms with Crippen molar-refractivity contribution in [2.45, 2.75) is 30.9 Å². The van der Waals surface area contributed by atoms with Gasteiger partial charge in [0.15, 0.2) is 0 Å². The molecule has 0 bridgehead atoms. The number of ether oxygens (including phenoxy) is 2. The third-order valence-electron chi connectivity index (χ3n) is 3.92. The highest BCUT2D eigenvalue weighted by atomic mass is 79.9. The zero-order chi connectivity index (χ0) is 14.2. The minimum Gasteiger partial charge on any atom is -0.379 e. The Labute approximate surface area is 124 Å². The Balaban J connectivity index is 1.74. The van der Waals surface area contributed by atoms with Crippen molar-refractivity contribution >= 4 is 21.6 Å². The molecule has 20 heavy (non-hydrogen) atoms. The lowest BCUT2D eigenvalue weighted by Gasteiger charge is -2.37. The van der Waals surface area contributed by atoms with Crippen molar-refractivity contribution in [1.82, 2.24) is 0 Å². The van der Waals surface area contributed by atoms with E-state index in [-0.39, 0.29) is 11.6 Å². The van der Waals surface area contributed by atoms with E-state index in [2.05, 4.69) is 21.2 Å². The van der Waals surface area contributed by atoms with E-state index in [0.717, 1.165) is 25.3 Å². The highest BCUT2D eigenvalue weighted by Crippen LogP contribution is 2.35. The van der Waals surface area contributed by atoms with Crippen LogP contribution in [0.25, 0.3) is 0 Å². The number of hydrogen-bond acceptors (Lipinski definition) is 3. The average molecular weight is 348 g/mol. The molecule has 3 nitrogen and oxygen atoms in total. The van der Waals surface area contributed by atoms with Gasteiger partial charge in [0.05, 0.1) is 17.9 Å². The zero-order valence-corrected chi connectivity index (χ0v) is 12.5. The summed E-state index contributed by atoms with van der Waals surface area (Å²) >= 11 is 3.20. The van der Waals surface area contributed by atoms with Crippen LogP contribution in [0.2, 0.25) is 0 Å². The maximum Gasteiger partial charge on any atom is 0.150 e. The largest absolute Gasteiger partial charge is 0.379 e. The summed E-state index contributed by atoms with van der Waals surface area (Å²) in [7, 11) is 0. The van der Waals surface area contributed by atoms with Gasteiger partial charge in [-0.3, -0.25) is 0 Å². The van der Waals surface area contributed by atoms with E-state index in [1.807, 2.05) is 0 Å². The number of anilines is 1. The zero-order valence-electron chi connectivity index (χ0n) is 10.9. The van der Waals surface area contributed by atoms with Gasteiger partial charge in [0, 0.05) is 36.2 Å². The summed E-state index contributed by atoms with van der Waals surface area (Å²) in [5.74, 6) is -1.17. The molecule has 1 spiro atoms. The number of hydrogen-bond donors (Lipinski definition) is 1. The number of benzene rings is 1. The molecule has 1 N–H and O–H groups in total. The molecule has 2 heterocycles. The molecule has 1 aromatic carbocycles. The molecule has 0 aromatic heterocycles. The van der Waals surface area contributed by atoms with Crippen LogP contribution in [-0.4, -0.2) is 31.5 Å². The van der Waals surface area contributed by atoms with Gasteiger partial charge < -0.3 is 14.8 Å². The van der Waals surface area contributed by atoms with Crippen LogP contribution in [0.5, 0.6) is 0 Å². The quantitative estimate of drug-likeness (QED) is 0.888. The maximum atomic E-state index is 13.8. The summed E-state index contributed by atoms with van der Waals surface area (Å²) in [6.45, 7) is 1.93. The van der Waals surface area contributed by atoms with Gasteiger partial charge in [0.25, 0.3) is 0 Å². The van der Waals surface area contributed by atoms with Gasteiger partial charge in [-0.15, -0.1) is 0 Å². The van der Waals surface area contributed by atoms with Crippen molar-refractivity contribution in [1.29, 1.82) is 0 Å². The van der Waals surface area contributed by atoms with Crippen LogP contribution in [0, 0.1) is 11.6 Å². The van der Waals surface area contributed by atoms with Gasteiger partial charge in [-0.05, 0) is 34.8 Å². The molecule has 6 heteroatoms. The van der Waals surface area contributed by atoms with E-state index in [9.17, 15) is 8.78 Å². The minimum atomic E-state index is -0.590. The van der Waals surface area contributed by atoms with Crippen LogP contribution in [0.4, 0.5) is 14.5 Å². The van der Waals surface area contributed by atoms with E-state index in [1.54, 1.807) is 0 Å². The van der Waals surface area contributed by atoms with Gasteiger partial charge in [0.2, 0.25) is 0 Å². The minimum absolute atomic E-state index is 0.0988. The molecule has 2 aliphatic rings. The first-order valence-electron chi connectivity index (χ1n) is 6.71. The molecule has 110 valence electrons. The molecule has 0 radical (unpaired) electrons. The SMILES string of the molecule is Fc1cc(F)c(NC2CCOC3(CCOC3)C2)c(Br)c1. The van der Waals surface area contributed by atoms with Crippen LogP contribution in [0.3, 0.4) is 0 Å². The van der Waals surface area contributed by atoms with E-state index < -0.39 is 11.6 Å². The summed E-state index contributed by atoms with van der Waals surface area (Å²) in [4.78, 5) is 0. The number of rotatable bonds is 2. The molecule has 2 unspecified atom stereocenters. The van der Waals surface area contributed by atoms with Crippen LogP contribution < -0.4 is 5.32 Å². The molecular formula is C14H16BrF2NO2. The summed E-state index contributed by atoms with van der Waals surface area (Å²) in [6, 6.07) is 2.25. The van der Waals surface area contributed by atoms with Crippen molar-refractivity contribution in [2.24, 2.45) is 0 Å². The Morgan fingerprint density at radius 2 is 2.15 bits per heavy atom. The van der Waals surface area contributed by atoms with Crippen molar-refractivity contribution < 1.29 is 18.3 Å². The van der Waals surface area contributed by atoms with E-state index >= 15 is 0 Å². The van der Waals surface area contributed by atoms with Crippen LogP contribution in [-0.2, 0) is 9.47 Å². The average Bonchev–Trinajstić information content (AvgIpc) is 2.82. The standard InChI is InChI=1S/C14H16BrF2NO2/c15-11-5-9(16)6-12(17)13(11)18-10-1-3-20-14(7-10)2-4-19-8-14/h5-6,10,18H,1-4,7-8H2. The lowest BCUT2D eigenvalue weighted by atomic mass is 9.89. The first kappa shape index (κ1) is 14.2. The maximum absolute atomic E-state index is 13.8. The van der Waals surface area contributed by atoms with Crippen LogP contribution in [0.15, 0.2) is 16.6 Å². The Bertz CT molecular complexity index is 483. The number of halogens is 3. The molecule has 2 aliphatic heterocycles. The molecular weight excluding hydrogens is 332 g/mol. The van der Waals surface area contributed by atoms with Crippen LogP contribution >= 0.6 is 15.9 Å². The predicted molar refractivity (Wildman–Crippen MR) is 74.8 cm³/mol. The first-order valence-corrected chi connectivity index (χ1v) is 7.50.